The van der Waals surface area contributed by atoms with Crippen molar-refractivity contribution in [2.24, 2.45) is 0 Å². The summed E-state index contributed by atoms with van der Waals surface area (Å²) in [5.41, 5.74) is 12.5. The Labute approximate surface area is 127 Å². The number of unbranched alkanes of at least 4 members (excludes halogenated alkanes) is 3. The van der Waals surface area contributed by atoms with Crippen molar-refractivity contribution < 1.29 is 4.74 Å². The molecular weight excluding hydrogens is 260 g/mol. The zero-order valence-electron chi connectivity index (χ0n) is 12.8. The third-order valence-electron chi connectivity index (χ3n) is 2.95. The van der Waals surface area contributed by atoms with Gasteiger partial charge >= 0.3 is 0 Å². The molecule has 2 rings (SSSR count). The van der Waals surface area contributed by atoms with E-state index in [-0.39, 0.29) is 0 Å². The van der Waals surface area contributed by atoms with Gasteiger partial charge in [0, 0.05) is 11.4 Å². The first kappa shape index (κ1) is 16.9. The number of ether oxygens (including phenoxy) is 1. The summed E-state index contributed by atoms with van der Waals surface area (Å²) in [5.74, 6) is 0.913. The number of nitrogen functional groups attached to an aromatic ring is 2. The summed E-state index contributed by atoms with van der Waals surface area (Å²) in [5, 5.41) is 0. The maximum atomic E-state index is 5.57. The molecule has 0 radical (unpaired) electrons. The Hall–Kier alpha value is -2.16. The number of para-hydroxylation sites is 1. The van der Waals surface area contributed by atoms with Gasteiger partial charge in [-0.1, -0.05) is 44.4 Å². The van der Waals surface area contributed by atoms with E-state index in [9.17, 15) is 0 Å². The Morgan fingerprint density at radius 3 is 1.90 bits per heavy atom. The summed E-state index contributed by atoms with van der Waals surface area (Å²) in [6.45, 7) is 3.02. The van der Waals surface area contributed by atoms with Crippen molar-refractivity contribution in [3.63, 3.8) is 0 Å². The van der Waals surface area contributed by atoms with E-state index in [2.05, 4.69) is 6.92 Å². The fourth-order valence-corrected chi connectivity index (χ4v) is 1.74. The lowest BCUT2D eigenvalue weighted by atomic mass is 10.2. The van der Waals surface area contributed by atoms with Crippen LogP contribution in [0.5, 0.6) is 5.75 Å². The Morgan fingerprint density at radius 2 is 1.38 bits per heavy atom. The smallest absolute Gasteiger partial charge is 0.119 e. The predicted octanol–water partition coefficient (Wildman–Crippen LogP) is 4.50. The first-order chi connectivity index (χ1) is 10.2. The lowest BCUT2D eigenvalue weighted by Crippen LogP contribution is -1.97. The Bertz CT molecular complexity index is 468. The SMILES string of the molecule is CCCCCCOc1ccc(N)cc1.Nc1ccccc1. The molecule has 2 aromatic rings. The molecule has 0 aliphatic heterocycles. The van der Waals surface area contributed by atoms with Gasteiger partial charge in [0.15, 0.2) is 0 Å². The van der Waals surface area contributed by atoms with Gasteiger partial charge in [0.1, 0.15) is 5.75 Å². The van der Waals surface area contributed by atoms with Gasteiger partial charge in [-0.3, -0.25) is 0 Å². The predicted molar refractivity (Wildman–Crippen MR) is 91.3 cm³/mol. The topological polar surface area (TPSA) is 61.3 Å². The van der Waals surface area contributed by atoms with E-state index in [4.69, 9.17) is 16.2 Å². The highest BCUT2D eigenvalue weighted by Crippen LogP contribution is 2.13. The second-order valence-corrected chi connectivity index (χ2v) is 4.89. The summed E-state index contributed by atoms with van der Waals surface area (Å²) >= 11 is 0. The van der Waals surface area contributed by atoms with Crippen molar-refractivity contribution in [3.8, 4) is 5.75 Å². The van der Waals surface area contributed by atoms with Gasteiger partial charge in [-0.15, -0.1) is 0 Å². The molecule has 4 N–H and O–H groups in total. The van der Waals surface area contributed by atoms with Crippen LogP contribution in [-0.2, 0) is 0 Å². The molecule has 0 bridgehead atoms. The molecule has 21 heavy (non-hydrogen) atoms. The summed E-state index contributed by atoms with van der Waals surface area (Å²) in [6.07, 6.45) is 4.96. The maximum absolute atomic E-state index is 5.57. The Kier molecular flexibility index (Phi) is 8.53. The highest BCUT2D eigenvalue weighted by Gasteiger charge is 1.93. The van der Waals surface area contributed by atoms with Crippen LogP contribution in [0.1, 0.15) is 32.6 Å². The third-order valence-corrected chi connectivity index (χ3v) is 2.95. The van der Waals surface area contributed by atoms with Crippen LogP contribution in [0, 0.1) is 0 Å². The van der Waals surface area contributed by atoms with E-state index in [0.717, 1.165) is 30.2 Å². The zero-order chi connectivity index (χ0) is 15.3. The van der Waals surface area contributed by atoms with Crippen LogP contribution >= 0.6 is 0 Å². The lowest BCUT2D eigenvalue weighted by Gasteiger charge is -2.05. The molecule has 0 amide bonds. The van der Waals surface area contributed by atoms with Gasteiger partial charge in [-0.2, -0.15) is 0 Å². The number of hydrogen-bond donors (Lipinski definition) is 2. The highest BCUT2D eigenvalue weighted by atomic mass is 16.5. The minimum atomic E-state index is 0.781. The van der Waals surface area contributed by atoms with Gasteiger partial charge in [-0.05, 0) is 42.8 Å². The van der Waals surface area contributed by atoms with Crippen LogP contribution in [0.3, 0.4) is 0 Å². The molecule has 0 fully saturated rings. The van der Waals surface area contributed by atoms with E-state index in [0.29, 0.717) is 0 Å². The van der Waals surface area contributed by atoms with Gasteiger partial charge in [0.25, 0.3) is 0 Å². The minimum Gasteiger partial charge on any atom is -0.494 e. The molecule has 0 atom stereocenters. The second kappa shape index (κ2) is 10.6. The molecule has 0 aliphatic carbocycles. The summed E-state index contributed by atoms with van der Waals surface area (Å²) in [7, 11) is 0. The first-order valence-electron chi connectivity index (χ1n) is 7.51. The molecule has 114 valence electrons. The van der Waals surface area contributed by atoms with Gasteiger partial charge < -0.3 is 16.2 Å². The van der Waals surface area contributed by atoms with Crippen LogP contribution in [0.2, 0.25) is 0 Å². The normalized spacial score (nSPS) is 9.57. The average molecular weight is 286 g/mol. The molecule has 0 aromatic heterocycles. The van der Waals surface area contributed by atoms with Crippen molar-refractivity contribution in [3.05, 3.63) is 54.6 Å². The van der Waals surface area contributed by atoms with Crippen molar-refractivity contribution in [2.75, 3.05) is 18.1 Å². The molecule has 3 nitrogen and oxygen atoms in total. The van der Waals surface area contributed by atoms with Crippen LogP contribution in [0.25, 0.3) is 0 Å². The number of anilines is 2. The van der Waals surface area contributed by atoms with Crippen molar-refractivity contribution in [2.45, 2.75) is 32.6 Å². The summed E-state index contributed by atoms with van der Waals surface area (Å²) in [6, 6.07) is 17.0. The second-order valence-electron chi connectivity index (χ2n) is 4.89. The largest absolute Gasteiger partial charge is 0.494 e. The molecule has 3 heteroatoms. The minimum absolute atomic E-state index is 0.781. The first-order valence-corrected chi connectivity index (χ1v) is 7.51. The van der Waals surface area contributed by atoms with Crippen molar-refractivity contribution in [1.29, 1.82) is 0 Å². The quantitative estimate of drug-likeness (QED) is 0.607. The van der Waals surface area contributed by atoms with E-state index in [1.54, 1.807) is 0 Å². The van der Waals surface area contributed by atoms with Crippen LogP contribution in [0.15, 0.2) is 54.6 Å². The Morgan fingerprint density at radius 1 is 0.762 bits per heavy atom. The average Bonchev–Trinajstić information content (AvgIpc) is 2.50. The van der Waals surface area contributed by atoms with Crippen molar-refractivity contribution >= 4 is 11.4 Å². The molecule has 0 heterocycles. The number of nitrogens with two attached hydrogens (primary N) is 2. The monoisotopic (exact) mass is 286 g/mol. The van der Waals surface area contributed by atoms with E-state index in [1.165, 1.54) is 19.3 Å². The Balaban J connectivity index is 0.000000262. The molecule has 0 aliphatic rings. The molecule has 0 unspecified atom stereocenters. The van der Waals surface area contributed by atoms with Crippen LogP contribution < -0.4 is 16.2 Å². The molecular formula is C18H26N2O. The number of hydrogen-bond acceptors (Lipinski definition) is 3. The highest BCUT2D eigenvalue weighted by molar-refractivity contribution is 5.41. The molecule has 2 aromatic carbocycles. The molecule has 0 saturated heterocycles. The third kappa shape index (κ3) is 8.58. The van der Waals surface area contributed by atoms with E-state index < -0.39 is 0 Å². The number of rotatable bonds is 6. The van der Waals surface area contributed by atoms with Crippen molar-refractivity contribution in [1.82, 2.24) is 0 Å². The van der Waals surface area contributed by atoms with Gasteiger partial charge in [0.05, 0.1) is 6.61 Å². The standard InChI is InChI=1S/C12H19NO.C6H7N/c1-2-3-4-5-10-14-12-8-6-11(13)7-9-12;7-6-4-2-1-3-5-6/h6-9H,2-5,10,13H2,1H3;1-5H,7H2. The molecule has 0 saturated carbocycles. The van der Waals surface area contributed by atoms with Gasteiger partial charge in [-0.25, -0.2) is 0 Å². The number of benzene rings is 2. The summed E-state index contributed by atoms with van der Waals surface area (Å²) in [4.78, 5) is 0. The lowest BCUT2D eigenvalue weighted by molar-refractivity contribution is 0.305. The zero-order valence-corrected chi connectivity index (χ0v) is 12.8. The fraction of sp³-hybridized carbons (Fsp3) is 0.333. The van der Waals surface area contributed by atoms with Crippen LogP contribution in [-0.4, -0.2) is 6.61 Å². The van der Waals surface area contributed by atoms with Gasteiger partial charge in [0.2, 0.25) is 0 Å². The fourth-order valence-electron chi connectivity index (χ4n) is 1.74. The van der Waals surface area contributed by atoms with E-state index in [1.807, 2.05) is 54.6 Å². The van der Waals surface area contributed by atoms with Crippen LogP contribution in [0.4, 0.5) is 11.4 Å². The maximum Gasteiger partial charge on any atom is 0.119 e. The summed E-state index contributed by atoms with van der Waals surface area (Å²) < 4.78 is 5.55. The van der Waals surface area contributed by atoms with E-state index >= 15 is 0 Å². The molecule has 0 spiro atoms.